The predicted octanol–water partition coefficient (Wildman–Crippen LogP) is 24.9. The summed E-state index contributed by atoms with van der Waals surface area (Å²) in [5.74, 6) is 0. The maximum absolute atomic E-state index is 4.79. The van der Waals surface area contributed by atoms with Gasteiger partial charge < -0.3 is 9.13 Å². The Kier molecular flexibility index (Phi) is 12.3. The van der Waals surface area contributed by atoms with E-state index in [-0.39, 0.29) is 0 Å². The minimum atomic E-state index is 0.985. The Morgan fingerprint density at radius 3 is 0.894 bits per heavy atom. The SMILES string of the molecule is c1ccc(-c2c3ccccc3c(-c3ccc4c(c3)c3ccccc3n4-c3ccc4c5ccccc5c5ccccc5c4c3)c3ccccc23)cc1.c1ccc(-c2ccc(-c3ccc4c(c3)c3ccccc3n4-c3ccc4c5ccccc5c5ccccc5c4c3)cn2)cc1. The molecule has 20 aromatic rings. The summed E-state index contributed by atoms with van der Waals surface area (Å²) in [6.07, 6.45) is 1.99. The van der Waals surface area contributed by atoms with E-state index in [1.54, 1.807) is 0 Å². The Labute approximate surface area is 542 Å². The van der Waals surface area contributed by atoms with E-state index in [9.17, 15) is 0 Å². The van der Waals surface area contributed by atoms with E-state index in [1.165, 1.54) is 169 Å². The number of nitrogens with zero attached hydrogens (tertiary/aromatic N) is 3. The van der Waals surface area contributed by atoms with Gasteiger partial charge >= 0.3 is 0 Å². The van der Waals surface area contributed by atoms with Crippen LogP contribution in [0.1, 0.15) is 0 Å². The second-order valence-electron chi connectivity index (χ2n) is 24.8. The van der Waals surface area contributed by atoms with Crippen LogP contribution < -0.4 is 0 Å². The molecule has 0 radical (unpaired) electrons. The summed E-state index contributed by atoms with van der Waals surface area (Å²) in [7, 11) is 0. The van der Waals surface area contributed by atoms with Crippen molar-refractivity contribution >= 4 is 130 Å². The van der Waals surface area contributed by atoms with Crippen molar-refractivity contribution in [2.24, 2.45) is 0 Å². The van der Waals surface area contributed by atoms with E-state index in [1.807, 2.05) is 12.3 Å². The highest BCUT2D eigenvalue weighted by Gasteiger charge is 2.21. The third-order valence-electron chi connectivity index (χ3n) is 19.8. The van der Waals surface area contributed by atoms with Gasteiger partial charge in [0.25, 0.3) is 0 Å². The molecule has 0 N–H and O–H groups in total. The summed E-state index contributed by atoms with van der Waals surface area (Å²) in [4.78, 5) is 4.79. The van der Waals surface area contributed by atoms with Crippen LogP contribution in [0.2, 0.25) is 0 Å². The molecular formula is C91H57N3. The molecule has 0 saturated carbocycles. The molecule has 20 rings (SSSR count). The van der Waals surface area contributed by atoms with E-state index in [0.29, 0.717) is 0 Å². The van der Waals surface area contributed by atoms with Gasteiger partial charge in [0, 0.05) is 50.2 Å². The Hall–Kier alpha value is -12.4. The molecule has 0 spiro atoms. The summed E-state index contributed by atoms with van der Waals surface area (Å²) >= 11 is 0. The van der Waals surface area contributed by atoms with Gasteiger partial charge in [0.15, 0.2) is 0 Å². The fraction of sp³-hybridized carbons (Fsp3) is 0. The van der Waals surface area contributed by atoms with Gasteiger partial charge in [-0.25, -0.2) is 0 Å². The minimum Gasteiger partial charge on any atom is -0.309 e. The van der Waals surface area contributed by atoms with Crippen LogP contribution in [0.3, 0.4) is 0 Å². The van der Waals surface area contributed by atoms with E-state index in [4.69, 9.17) is 4.98 Å². The van der Waals surface area contributed by atoms with E-state index in [2.05, 4.69) is 343 Å². The zero-order valence-electron chi connectivity index (χ0n) is 51.3. The van der Waals surface area contributed by atoms with Crippen LogP contribution in [-0.2, 0) is 0 Å². The highest BCUT2D eigenvalue weighted by atomic mass is 15.0. The Morgan fingerprint density at radius 1 is 0.170 bits per heavy atom. The average Bonchev–Trinajstić information content (AvgIpc) is 1.27. The number of hydrogen-bond donors (Lipinski definition) is 0. The molecule has 0 atom stereocenters. The summed E-state index contributed by atoms with van der Waals surface area (Å²) < 4.78 is 4.86. The third-order valence-corrected chi connectivity index (χ3v) is 19.8. The van der Waals surface area contributed by atoms with E-state index in [0.717, 1.165) is 16.8 Å². The molecule has 3 heterocycles. The van der Waals surface area contributed by atoms with Gasteiger partial charge in [0.1, 0.15) is 0 Å². The number of benzene rings is 17. The third kappa shape index (κ3) is 8.42. The van der Waals surface area contributed by atoms with Crippen LogP contribution >= 0.6 is 0 Å². The molecule has 0 bridgehead atoms. The highest BCUT2D eigenvalue weighted by Crippen LogP contribution is 2.47. The van der Waals surface area contributed by atoms with Crippen molar-refractivity contribution < 1.29 is 0 Å². The van der Waals surface area contributed by atoms with Crippen molar-refractivity contribution in [2.75, 3.05) is 0 Å². The van der Waals surface area contributed by atoms with E-state index < -0.39 is 0 Å². The summed E-state index contributed by atoms with van der Waals surface area (Å²) in [6, 6.07) is 124. The molecule has 0 amide bonds. The molecular weight excluding hydrogens is 1140 g/mol. The lowest BCUT2D eigenvalue weighted by Crippen LogP contribution is -1.95. The van der Waals surface area contributed by atoms with Crippen molar-refractivity contribution in [2.45, 2.75) is 0 Å². The molecule has 0 fully saturated rings. The fourth-order valence-corrected chi connectivity index (χ4v) is 15.6. The molecule has 0 aliphatic rings. The van der Waals surface area contributed by atoms with E-state index >= 15 is 0 Å². The summed E-state index contributed by atoms with van der Waals surface area (Å²) in [5.41, 5.74) is 16.6. The molecule has 0 unspecified atom stereocenters. The predicted molar refractivity (Wildman–Crippen MR) is 401 cm³/mol. The second-order valence-corrected chi connectivity index (χ2v) is 24.8. The highest BCUT2D eigenvalue weighted by molar-refractivity contribution is 6.28. The minimum absolute atomic E-state index is 0.985. The molecule has 0 aliphatic carbocycles. The van der Waals surface area contributed by atoms with Crippen LogP contribution in [0, 0.1) is 0 Å². The lowest BCUT2D eigenvalue weighted by Gasteiger charge is -2.18. The summed E-state index contributed by atoms with van der Waals surface area (Å²) in [6.45, 7) is 0. The molecule has 0 aliphatic heterocycles. The topological polar surface area (TPSA) is 22.8 Å². The van der Waals surface area contributed by atoms with Gasteiger partial charge in [-0.2, -0.15) is 0 Å². The van der Waals surface area contributed by atoms with Crippen LogP contribution in [0.4, 0.5) is 0 Å². The number of hydrogen-bond acceptors (Lipinski definition) is 1. The zero-order valence-corrected chi connectivity index (χ0v) is 51.3. The number of para-hydroxylation sites is 2. The van der Waals surface area contributed by atoms with Crippen LogP contribution in [-0.4, -0.2) is 14.1 Å². The molecule has 94 heavy (non-hydrogen) atoms. The molecule has 3 aromatic heterocycles. The fourth-order valence-electron chi connectivity index (χ4n) is 15.6. The first-order valence-corrected chi connectivity index (χ1v) is 32.4. The maximum Gasteiger partial charge on any atom is 0.0702 e. The van der Waals surface area contributed by atoms with Gasteiger partial charge in [-0.15, -0.1) is 0 Å². The monoisotopic (exact) mass is 1190 g/mol. The first-order valence-electron chi connectivity index (χ1n) is 32.4. The summed E-state index contributed by atoms with van der Waals surface area (Å²) in [5, 5.41) is 25.6. The Bertz CT molecular complexity index is 6330. The normalized spacial score (nSPS) is 11.8. The Morgan fingerprint density at radius 2 is 0.479 bits per heavy atom. The largest absolute Gasteiger partial charge is 0.309 e. The smallest absolute Gasteiger partial charge is 0.0702 e. The first kappa shape index (κ1) is 53.4. The number of rotatable bonds is 6. The standard InChI is InChI=1S/C50H31N.C41H26N2/c1-2-14-32(15-3-1)49-41-21-8-10-23-43(41)50(44-24-11-9-22-42(44)49)33-26-29-48-46(30-33)40-20-12-13-25-47(40)51(48)34-27-28-39-37-18-5-4-16-35(37)36-17-6-7-19-38(36)45(39)31-34;1-2-10-27(11-3-1)39-22-18-29(26-42-39)28-19-23-41-38(24-28)36-16-8-9-17-40(36)43(41)30-20-21-35-33-14-5-4-12-31(33)32-13-6-7-15-34(32)37(35)25-30/h1-31H;1-26H. The van der Waals surface area contributed by atoms with Gasteiger partial charge in [0.05, 0.1) is 27.8 Å². The Balaban J connectivity index is 0.000000135. The molecule has 436 valence electrons. The van der Waals surface area contributed by atoms with Crippen molar-refractivity contribution in [3.05, 3.63) is 346 Å². The van der Waals surface area contributed by atoms with Gasteiger partial charge in [-0.05, 0) is 181 Å². The first-order chi connectivity index (χ1) is 46.7. The van der Waals surface area contributed by atoms with Crippen molar-refractivity contribution in [3.8, 4) is 56.0 Å². The molecule has 0 saturated heterocycles. The maximum atomic E-state index is 4.79. The van der Waals surface area contributed by atoms with Crippen LogP contribution in [0.25, 0.3) is 186 Å². The van der Waals surface area contributed by atoms with Crippen LogP contribution in [0.5, 0.6) is 0 Å². The van der Waals surface area contributed by atoms with Crippen molar-refractivity contribution in [3.63, 3.8) is 0 Å². The van der Waals surface area contributed by atoms with Crippen molar-refractivity contribution in [1.82, 2.24) is 14.1 Å². The lowest BCUT2D eigenvalue weighted by molar-refractivity contribution is 1.19. The van der Waals surface area contributed by atoms with Gasteiger partial charge in [0.2, 0.25) is 0 Å². The van der Waals surface area contributed by atoms with Crippen molar-refractivity contribution in [1.29, 1.82) is 0 Å². The second kappa shape index (κ2) is 21.6. The number of fused-ring (bicyclic) bond motifs is 20. The number of aromatic nitrogens is 3. The average molecular weight is 1190 g/mol. The molecule has 3 heteroatoms. The van der Waals surface area contributed by atoms with Gasteiger partial charge in [-0.3, -0.25) is 4.98 Å². The van der Waals surface area contributed by atoms with Crippen LogP contribution in [0.15, 0.2) is 346 Å². The quantitative estimate of drug-likeness (QED) is 0.120. The zero-order chi connectivity index (χ0) is 61.8. The molecule has 17 aromatic carbocycles. The molecule has 3 nitrogen and oxygen atoms in total. The number of pyridine rings is 1. The van der Waals surface area contributed by atoms with Gasteiger partial charge in [-0.1, -0.05) is 273 Å². The lowest BCUT2D eigenvalue weighted by atomic mass is 9.86.